The van der Waals surface area contributed by atoms with Gasteiger partial charge in [-0.15, -0.1) is 0 Å². The molecule has 0 aliphatic carbocycles. The van der Waals surface area contributed by atoms with E-state index in [4.69, 9.17) is 10.5 Å². The van der Waals surface area contributed by atoms with Gasteiger partial charge in [-0.2, -0.15) is 0 Å². The fraction of sp³-hybridized carbons (Fsp3) is 0.500. The first-order valence-electron chi connectivity index (χ1n) is 6.65. The van der Waals surface area contributed by atoms with E-state index in [2.05, 4.69) is 10.6 Å². The second kappa shape index (κ2) is 6.98. The Bertz CT molecular complexity index is 478. The van der Waals surface area contributed by atoms with Crippen molar-refractivity contribution in [3.05, 3.63) is 17.9 Å². The van der Waals surface area contributed by atoms with Crippen molar-refractivity contribution in [2.24, 2.45) is 0 Å². The van der Waals surface area contributed by atoms with Crippen molar-refractivity contribution in [3.8, 4) is 5.75 Å². The molecule has 1 unspecified atom stereocenters. The smallest absolute Gasteiger partial charge is 0.242 e. The summed E-state index contributed by atoms with van der Waals surface area (Å²) < 4.78 is 19.1. The molecule has 0 fully saturated rings. The maximum Gasteiger partial charge on any atom is 0.242 e. The van der Waals surface area contributed by atoms with Crippen LogP contribution in [0.4, 0.5) is 15.8 Å². The van der Waals surface area contributed by atoms with Gasteiger partial charge in [0.25, 0.3) is 0 Å². The molecule has 0 saturated heterocycles. The molecule has 0 heterocycles. The first-order chi connectivity index (χ1) is 9.35. The standard InChI is InChI=1S/C14H22FN3O2/c1-5-17-14(19)9(4)18-12-7-13(20-8(2)3)10(15)6-11(12)16/h6-9,18H,5,16H2,1-4H3,(H,17,19). The fourth-order valence-corrected chi connectivity index (χ4v) is 1.66. The largest absolute Gasteiger partial charge is 0.488 e. The topological polar surface area (TPSA) is 76.4 Å². The van der Waals surface area contributed by atoms with E-state index in [1.165, 1.54) is 12.1 Å². The number of benzene rings is 1. The van der Waals surface area contributed by atoms with Crippen LogP contribution < -0.4 is 21.1 Å². The lowest BCUT2D eigenvalue weighted by molar-refractivity contribution is -0.121. The lowest BCUT2D eigenvalue weighted by Gasteiger charge is -2.18. The minimum atomic E-state index is -0.521. The van der Waals surface area contributed by atoms with Crippen LogP contribution in [0.3, 0.4) is 0 Å². The van der Waals surface area contributed by atoms with Gasteiger partial charge in [0, 0.05) is 18.7 Å². The number of halogens is 1. The van der Waals surface area contributed by atoms with E-state index in [0.717, 1.165) is 0 Å². The lowest BCUT2D eigenvalue weighted by atomic mass is 10.2. The van der Waals surface area contributed by atoms with Gasteiger partial charge in [-0.1, -0.05) is 0 Å². The molecular weight excluding hydrogens is 261 g/mol. The average Bonchev–Trinajstić information content (AvgIpc) is 2.34. The summed E-state index contributed by atoms with van der Waals surface area (Å²) in [6.07, 6.45) is -0.151. The zero-order valence-electron chi connectivity index (χ0n) is 12.3. The molecule has 0 bridgehead atoms. The van der Waals surface area contributed by atoms with E-state index >= 15 is 0 Å². The van der Waals surface area contributed by atoms with Gasteiger partial charge < -0.3 is 21.1 Å². The van der Waals surface area contributed by atoms with Crippen LogP contribution in [-0.2, 0) is 4.79 Å². The SMILES string of the molecule is CCNC(=O)C(C)Nc1cc(OC(C)C)c(F)cc1N. The summed E-state index contributed by atoms with van der Waals surface area (Å²) in [5, 5.41) is 5.65. The molecule has 1 aromatic rings. The summed E-state index contributed by atoms with van der Waals surface area (Å²) in [6, 6.07) is 2.18. The van der Waals surface area contributed by atoms with Crippen molar-refractivity contribution >= 4 is 17.3 Å². The van der Waals surface area contributed by atoms with E-state index in [0.29, 0.717) is 12.2 Å². The van der Waals surface area contributed by atoms with Gasteiger partial charge in [0.15, 0.2) is 11.6 Å². The molecule has 0 aromatic heterocycles. The molecule has 1 atom stereocenters. The number of anilines is 2. The molecule has 0 aliphatic rings. The van der Waals surface area contributed by atoms with Crippen LogP contribution in [0.15, 0.2) is 12.1 Å². The molecule has 20 heavy (non-hydrogen) atoms. The number of carbonyl (C=O) groups is 1. The highest BCUT2D eigenvalue weighted by Gasteiger charge is 2.15. The highest BCUT2D eigenvalue weighted by molar-refractivity contribution is 5.85. The molecule has 0 saturated carbocycles. The summed E-state index contributed by atoms with van der Waals surface area (Å²) >= 11 is 0. The molecule has 0 spiro atoms. The fourth-order valence-electron chi connectivity index (χ4n) is 1.66. The summed E-state index contributed by atoms with van der Waals surface area (Å²) in [6.45, 7) is 7.70. The number of carbonyl (C=O) groups excluding carboxylic acids is 1. The molecule has 112 valence electrons. The molecular formula is C14H22FN3O2. The molecule has 1 rings (SSSR count). The van der Waals surface area contributed by atoms with Crippen LogP contribution in [0.1, 0.15) is 27.7 Å². The number of nitrogen functional groups attached to an aromatic ring is 1. The Labute approximate surface area is 118 Å². The van der Waals surface area contributed by atoms with E-state index < -0.39 is 11.9 Å². The van der Waals surface area contributed by atoms with Crippen LogP contribution in [0.25, 0.3) is 0 Å². The summed E-state index contributed by atoms with van der Waals surface area (Å²) in [7, 11) is 0. The molecule has 6 heteroatoms. The van der Waals surface area contributed by atoms with Crippen LogP contribution in [0.2, 0.25) is 0 Å². The third-order valence-corrected chi connectivity index (χ3v) is 2.58. The van der Waals surface area contributed by atoms with Gasteiger partial charge >= 0.3 is 0 Å². The summed E-state index contributed by atoms with van der Waals surface area (Å²) in [5.74, 6) is -0.560. The van der Waals surface area contributed by atoms with E-state index in [1.54, 1.807) is 20.8 Å². The van der Waals surface area contributed by atoms with E-state index in [1.807, 2.05) is 6.92 Å². The predicted octanol–water partition coefficient (Wildman–Crippen LogP) is 2.13. The zero-order chi connectivity index (χ0) is 15.3. The Morgan fingerprint density at radius 1 is 1.40 bits per heavy atom. The number of nitrogens with two attached hydrogens (primary N) is 1. The first kappa shape index (κ1) is 16.1. The molecule has 1 aromatic carbocycles. The normalized spacial score (nSPS) is 12.1. The minimum Gasteiger partial charge on any atom is -0.488 e. The van der Waals surface area contributed by atoms with Crippen LogP contribution in [0.5, 0.6) is 5.75 Å². The van der Waals surface area contributed by atoms with Crippen molar-refractivity contribution in [3.63, 3.8) is 0 Å². The Morgan fingerprint density at radius 2 is 2.05 bits per heavy atom. The number of hydrogen-bond acceptors (Lipinski definition) is 4. The predicted molar refractivity (Wildman–Crippen MR) is 78.3 cm³/mol. The van der Waals surface area contributed by atoms with Crippen LogP contribution >= 0.6 is 0 Å². The van der Waals surface area contributed by atoms with Crippen molar-refractivity contribution < 1.29 is 13.9 Å². The van der Waals surface area contributed by atoms with Crippen molar-refractivity contribution in [1.82, 2.24) is 5.32 Å². The van der Waals surface area contributed by atoms with Crippen LogP contribution in [-0.4, -0.2) is 24.6 Å². The molecule has 5 nitrogen and oxygen atoms in total. The van der Waals surface area contributed by atoms with E-state index in [9.17, 15) is 9.18 Å². The van der Waals surface area contributed by atoms with Gasteiger partial charge in [0.2, 0.25) is 5.91 Å². The third kappa shape index (κ3) is 4.29. The maximum absolute atomic E-state index is 13.7. The van der Waals surface area contributed by atoms with Crippen molar-refractivity contribution in [2.75, 3.05) is 17.6 Å². The van der Waals surface area contributed by atoms with Crippen molar-refractivity contribution in [2.45, 2.75) is 39.8 Å². The number of rotatable bonds is 6. The number of amides is 1. The van der Waals surface area contributed by atoms with Gasteiger partial charge in [0.1, 0.15) is 6.04 Å². The summed E-state index contributed by atoms with van der Waals surface area (Å²) in [5.41, 5.74) is 6.46. The van der Waals surface area contributed by atoms with Crippen LogP contribution in [0, 0.1) is 5.82 Å². The second-order valence-electron chi connectivity index (χ2n) is 4.80. The monoisotopic (exact) mass is 283 g/mol. The minimum absolute atomic E-state index is 0.111. The Balaban J connectivity index is 2.91. The Hall–Kier alpha value is -1.98. The molecule has 1 amide bonds. The Morgan fingerprint density at radius 3 is 2.60 bits per heavy atom. The highest BCUT2D eigenvalue weighted by atomic mass is 19.1. The summed E-state index contributed by atoms with van der Waals surface area (Å²) in [4.78, 5) is 11.7. The molecule has 0 radical (unpaired) electrons. The van der Waals surface area contributed by atoms with Gasteiger partial charge in [-0.25, -0.2) is 4.39 Å². The highest BCUT2D eigenvalue weighted by Crippen LogP contribution is 2.29. The Kier molecular flexibility index (Phi) is 5.61. The van der Waals surface area contributed by atoms with Gasteiger partial charge in [0.05, 0.1) is 17.5 Å². The second-order valence-corrected chi connectivity index (χ2v) is 4.80. The van der Waals surface area contributed by atoms with Gasteiger partial charge in [-0.3, -0.25) is 4.79 Å². The number of nitrogens with one attached hydrogen (secondary N) is 2. The van der Waals surface area contributed by atoms with Gasteiger partial charge in [-0.05, 0) is 27.7 Å². The maximum atomic E-state index is 13.7. The quantitative estimate of drug-likeness (QED) is 0.699. The van der Waals surface area contributed by atoms with E-state index in [-0.39, 0.29) is 23.4 Å². The molecule has 4 N–H and O–H groups in total. The average molecular weight is 283 g/mol. The lowest BCUT2D eigenvalue weighted by Crippen LogP contribution is -2.37. The first-order valence-corrected chi connectivity index (χ1v) is 6.65. The molecule has 0 aliphatic heterocycles. The zero-order valence-corrected chi connectivity index (χ0v) is 12.3. The number of likely N-dealkylation sites (N-methyl/N-ethyl adjacent to an activating group) is 1. The number of ether oxygens (including phenoxy) is 1. The number of hydrogen-bond donors (Lipinski definition) is 3. The third-order valence-electron chi connectivity index (χ3n) is 2.58. The van der Waals surface area contributed by atoms with Crippen molar-refractivity contribution in [1.29, 1.82) is 0 Å².